The Kier molecular flexibility index (Phi) is 4.11. The monoisotopic (exact) mass is 145 g/mol. The molecule has 0 saturated heterocycles. The first kappa shape index (κ1) is 8.81. The van der Waals surface area contributed by atoms with Crippen LogP contribution in [0.4, 0.5) is 0 Å². The second kappa shape index (κ2) is 4.67. The van der Waals surface area contributed by atoms with E-state index in [1.807, 2.05) is 0 Å². The van der Waals surface area contributed by atoms with E-state index in [4.69, 9.17) is 10.5 Å². The van der Waals surface area contributed by atoms with Crippen molar-refractivity contribution < 1.29 is 14.3 Å². The summed E-state index contributed by atoms with van der Waals surface area (Å²) in [5, 5.41) is 0. The fourth-order valence-electron chi connectivity index (χ4n) is 0.383. The summed E-state index contributed by atoms with van der Waals surface area (Å²) < 4.78 is 9.04. The van der Waals surface area contributed by atoms with Gasteiger partial charge < -0.3 is 15.2 Å². The fraction of sp³-hybridized carbons (Fsp3) is 0.500. The normalized spacial score (nSPS) is 10.8. The van der Waals surface area contributed by atoms with Crippen molar-refractivity contribution in [2.24, 2.45) is 5.73 Å². The summed E-state index contributed by atoms with van der Waals surface area (Å²) in [6, 6.07) is 0. The van der Waals surface area contributed by atoms with Crippen LogP contribution in [-0.4, -0.2) is 19.7 Å². The third-order valence-electron chi connectivity index (χ3n) is 0.772. The van der Waals surface area contributed by atoms with E-state index in [1.54, 1.807) is 6.92 Å². The zero-order valence-electron chi connectivity index (χ0n) is 6.09. The number of methoxy groups -OCH3 is 1. The molecule has 4 nitrogen and oxygen atoms in total. The third-order valence-corrected chi connectivity index (χ3v) is 0.772. The molecule has 0 aliphatic rings. The Balaban J connectivity index is 3.77. The van der Waals surface area contributed by atoms with Gasteiger partial charge in [-0.25, -0.2) is 4.79 Å². The quantitative estimate of drug-likeness (QED) is 0.345. The molecule has 0 fully saturated rings. The molecule has 10 heavy (non-hydrogen) atoms. The Bertz CT molecular complexity index is 142. The van der Waals surface area contributed by atoms with Gasteiger partial charge >= 0.3 is 5.97 Å². The van der Waals surface area contributed by atoms with E-state index in [0.29, 0.717) is 6.61 Å². The molecule has 0 rings (SSSR count). The summed E-state index contributed by atoms with van der Waals surface area (Å²) in [4.78, 5) is 10.4. The highest BCUT2D eigenvalue weighted by Crippen LogP contribution is 1.87. The van der Waals surface area contributed by atoms with Crippen LogP contribution in [0.25, 0.3) is 0 Å². The Morgan fingerprint density at radius 1 is 1.70 bits per heavy atom. The molecule has 0 aliphatic heterocycles. The summed E-state index contributed by atoms with van der Waals surface area (Å²) in [7, 11) is 1.28. The van der Waals surface area contributed by atoms with Gasteiger partial charge in [0.15, 0.2) is 5.88 Å². The molecule has 2 N–H and O–H groups in total. The summed E-state index contributed by atoms with van der Waals surface area (Å²) in [6.07, 6.45) is 1.09. The summed E-state index contributed by atoms with van der Waals surface area (Å²) in [6.45, 7) is 2.22. The molecule has 0 amide bonds. The second-order valence-electron chi connectivity index (χ2n) is 1.50. The lowest BCUT2D eigenvalue weighted by molar-refractivity contribution is -0.135. The van der Waals surface area contributed by atoms with Gasteiger partial charge in [-0.2, -0.15) is 0 Å². The van der Waals surface area contributed by atoms with Crippen molar-refractivity contribution >= 4 is 5.97 Å². The van der Waals surface area contributed by atoms with E-state index >= 15 is 0 Å². The largest absolute Gasteiger partial charge is 0.479 e. The number of esters is 1. The molecule has 0 aromatic heterocycles. The van der Waals surface area contributed by atoms with Crippen LogP contribution in [0.5, 0.6) is 0 Å². The Morgan fingerprint density at radius 3 is 2.70 bits per heavy atom. The van der Waals surface area contributed by atoms with Crippen LogP contribution in [0.2, 0.25) is 0 Å². The maximum absolute atomic E-state index is 10.4. The van der Waals surface area contributed by atoms with Gasteiger partial charge in [0.05, 0.1) is 19.8 Å². The van der Waals surface area contributed by atoms with Gasteiger partial charge in [-0.3, -0.25) is 0 Å². The maximum Gasteiger partial charge on any atom is 0.335 e. The van der Waals surface area contributed by atoms with E-state index in [2.05, 4.69) is 4.74 Å². The van der Waals surface area contributed by atoms with E-state index in [9.17, 15) is 4.79 Å². The molecule has 0 spiro atoms. The van der Waals surface area contributed by atoms with Gasteiger partial charge in [0, 0.05) is 0 Å². The summed E-state index contributed by atoms with van der Waals surface area (Å²) >= 11 is 0. The maximum atomic E-state index is 10.4. The van der Waals surface area contributed by atoms with Crippen molar-refractivity contribution in [3.63, 3.8) is 0 Å². The molecule has 4 heteroatoms. The molecule has 58 valence electrons. The predicted octanol–water partition coefficient (Wildman–Crippen LogP) is -0.00400. The number of rotatable bonds is 3. The lowest BCUT2D eigenvalue weighted by Gasteiger charge is -1.99. The van der Waals surface area contributed by atoms with Crippen LogP contribution in [0, 0.1) is 0 Å². The van der Waals surface area contributed by atoms with Gasteiger partial charge in [0.2, 0.25) is 0 Å². The highest BCUT2D eigenvalue weighted by molar-refractivity contribution is 5.82. The summed E-state index contributed by atoms with van der Waals surface area (Å²) in [5.74, 6) is -0.430. The number of hydrogen-bond donors (Lipinski definition) is 1. The topological polar surface area (TPSA) is 61.5 Å². The van der Waals surface area contributed by atoms with Crippen molar-refractivity contribution in [3.05, 3.63) is 12.0 Å². The van der Waals surface area contributed by atoms with Crippen molar-refractivity contribution in [1.29, 1.82) is 0 Å². The molecule has 0 saturated carbocycles. The molecule has 0 aromatic rings. The van der Waals surface area contributed by atoms with Crippen LogP contribution in [-0.2, 0) is 14.3 Å². The zero-order valence-corrected chi connectivity index (χ0v) is 6.09. The standard InChI is InChI=1S/C6H11NO3/c1-3-10-5(7)4-6(8)9-2/h4H,3,7H2,1-2H3/b5-4+. The lowest BCUT2D eigenvalue weighted by Crippen LogP contribution is -2.06. The van der Waals surface area contributed by atoms with Crippen LogP contribution in [0.15, 0.2) is 12.0 Å². The first-order valence-electron chi connectivity index (χ1n) is 2.88. The fourth-order valence-corrected chi connectivity index (χ4v) is 0.383. The van der Waals surface area contributed by atoms with Crippen LogP contribution < -0.4 is 5.73 Å². The molecule has 0 bridgehead atoms. The molecular formula is C6H11NO3. The van der Waals surface area contributed by atoms with E-state index in [0.717, 1.165) is 6.08 Å². The SMILES string of the molecule is CCO/C(N)=C/C(=O)OC. The van der Waals surface area contributed by atoms with Crippen LogP contribution in [0.3, 0.4) is 0 Å². The minimum atomic E-state index is -0.508. The predicted molar refractivity (Wildman–Crippen MR) is 35.9 cm³/mol. The molecule has 0 unspecified atom stereocenters. The van der Waals surface area contributed by atoms with Crippen molar-refractivity contribution in [1.82, 2.24) is 0 Å². The average molecular weight is 145 g/mol. The highest BCUT2D eigenvalue weighted by Gasteiger charge is 1.95. The van der Waals surface area contributed by atoms with Gasteiger partial charge in [0.1, 0.15) is 0 Å². The Labute approximate surface area is 59.6 Å². The average Bonchev–Trinajstić information content (AvgIpc) is 1.88. The minimum Gasteiger partial charge on any atom is -0.479 e. The Morgan fingerprint density at radius 2 is 2.30 bits per heavy atom. The lowest BCUT2D eigenvalue weighted by atomic mass is 10.6. The van der Waals surface area contributed by atoms with E-state index in [-0.39, 0.29) is 5.88 Å². The highest BCUT2D eigenvalue weighted by atomic mass is 16.5. The molecular weight excluding hydrogens is 134 g/mol. The molecule has 0 atom stereocenters. The van der Waals surface area contributed by atoms with E-state index < -0.39 is 5.97 Å². The number of hydrogen-bond acceptors (Lipinski definition) is 4. The van der Waals surface area contributed by atoms with E-state index in [1.165, 1.54) is 7.11 Å². The smallest absolute Gasteiger partial charge is 0.335 e. The van der Waals surface area contributed by atoms with Gasteiger partial charge in [-0.15, -0.1) is 0 Å². The number of carbonyl (C=O) groups is 1. The Hall–Kier alpha value is -1.19. The third kappa shape index (κ3) is 3.77. The second-order valence-corrected chi connectivity index (χ2v) is 1.50. The van der Waals surface area contributed by atoms with Crippen LogP contribution in [0.1, 0.15) is 6.92 Å². The zero-order chi connectivity index (χ0) is 7.98. The first-order valence-corrected chi connectivity index (χ1v) is 2.88. The van der Waals surface area contributed by atoms with Gasteiger partial charge in [-0.05, 0) is 6.92 Å². The van der Waals surface area contributed by atoms with Crippen LogP contribution >= 0.6 is 0 Å². The van der Waals surface area contributed by atoms with Crippen molar-refractivity contribution in [2.75, 3.05) is 13.7 Å². The summed E-state index contributed by atoms with van der Waals surface area (Å²) in [5.41, 5.74) is 5.20. The molecule has 0 heterocycles. The molecule has 0 radical (unpaired) electrons. The number of carbonyl (C=O) groups excluding carboxylic acids is 1. The van der Waals surface area contributed by atoms with Crippen molar-refractivity contribution in [3.8, 4) is 0 Å². The van der Waals surface area contributed by atoms with Crippen molar-refractivity contribution in [2.45, 2.75) is 6.92 Å². The molecule has 0 aromatic carbocycles. The number of ether oxygens (including phenoxy) is 2. The first-order chi connectivity index (χ1) is 4.70. The minimum absolute atomic E-state index is 0.0781. The number of nitrogens with two attached hydrogens (primary N) is 1. The van der Waals surface area contributed by atoms with Gasteiger partial charge in [-0.1, -0.05) is 0 Å². The van der Waals surface area contributed by atoms with Gasteiger partial charge in [0.25, 0.3) is 0 Å². The molecule has 0 aliphatic carbocycles.